The quantitative estimate of drug-likeness (QED) is 0.0614. The van der Waals surface area contributed by atoms with Gasteiger partial charge in [0.25, 0.3) is 0 Å². The SMILES string of the molecule is C=CCCCCCCCCCCCCCCCC[N+](C(CC)C(=O)O)(C(CC)C(=O)O)C(CC)C(=O)O. The van der Waals surface area contributed by atoms with E-state index in [9.17, 15) is 29.7 Å². The summed E-state index contributed by atoms with van der Waals surface area (Å²) in [6.45, 7) is 9.14. The van der Waals surface area contributed by atoms with Gasteiger partial charge in [-0.3, -0.25) is 4.48 Å². The number of carbonyl (C=O) groups is 3. The van der Waals surface area contributed by atoms with E-state index >= 15 is 0 Å². The van der Waals surface area contributed by atoms with Crippen molar-refractivity contribution >= 4 is 17.9 Å². The third-order valence-electron chi connectivity index (χ3n) is 7.96. The standard InChI is InChI=1S/C30H55NO6/c1-5-9-10-11-12-13-14-15-16-17-18-19-20-21-22-23-24-31(25(6-2)28(32)33,26(7-3)29(34)35)27(8-4)30(36)37/h5,25-27H,1,6-24H2,2-4H3,(H2-,32,33,34,35,36,37)/p+1. The molecule has 0 heterocycles. The number of allylic oxidation sites excluding steroid dienone is 1. The van der Waals surface area contributed by atoms with Crippen LogP contribution in [0.15, 0.2) is 12.7 Å². The Hall–Kier alpha value is -1.89. The predicted molar refractivity (Wildman–Crippen MR) is 150 cm³/mol. The Labute approximate surface area is 225 Å². The van der Waals surface area contributed by atoms with Crippen molar-refractivity contribution in [3.63, 3.8) is 0 Å². The number of quaternary nitrogens is 1. The molecule has 3 N–H and O–H groups in total. The van der Waals surface area contributed by atoms with Gasteiger partial charge in [0.2, 0.25) is 0 Å². The lowest BCUT2D eigenvalue weighted by molar-refractivity contribution is -0.973. The highest BCUT2D eigenvalue weighted by molar-refractivity contribution is 5.78. The Morgan fingerprint density at radius 2 is 0.838 bits per heavy atom. The second-order valence-electron chi connectivity index (χ2n) is 10.5. The molecular formula is C30H56NO6+. The number of aliphatic carboxylic acids is 3. The van der Waals surface area contributed by atoms with Crippen LogP contribution in [0.3, 0.4) is 0 Å². The monoisotopic (exact) mass is 526 g/mol. The van der Waals surface area contributed by atoms with Gasteiger partial charge in [0.05, 0.1) is 6.54 Å². The molecule has 0 spiro atoms. The molecule has 0 saturated heterocycles. The van der Waals surface area contributed by atoms with Crippen molar-refractivity contribution in [3.8, 4) is 0 Å². The van der Waals surface area contributed by atoms with E-state index in [2.05, 4.69) is 6.58 Å². The van der Waals surface area contributed by atoms with Crippen molar-refractivity contribution in [3.05, 3.63) is 12.7 Å². The average Bonchev–Trinajstić information content (AvgIpc) is 2.84. The van der Waals surface area contributed by atoms with Crippen LogP contribution < -0.4 is 0 Å². The van der Waals surface area contributed by atoms with E-state index in [0.717, 1.165) is 25.7 Å². The van der Waals surface area contributed by atoms with Crippen LogP contribution in [0.5, 0.6) is 0 Å². The number of unbranched alkanes of at least 4 members (excludes halogenated alkanes) is 14. The number of carboxylic acids is 3. The minimum absolute atomic E-state index is 0.193. The maximum Gasteiger partial charge on any atom is 0.362 e. The first-order valence-corrected chi connectivity index (χ1v) is 14.9. The molecule has 3 atom stereocenters. The van der Waals surface area contributed by atoms with Gasteiger partial charge in [-0.05, 0) is 25.7 Å². The first-order chi connectivity index (χ1) is 17.7. The fourth-order valence-electron chi connectivity index (χ4n) is 6.08. The summed E-state index contributed by atoms with van der Waals surface area (Å²) in [6, 6.07) is -3.18. The number of hydrogen-bond acceptors (Lipinski definition) is 3. The van der Waals surface area contributed by atoms with Crippen molar-refractivity contribution < 1.29 is 34.2 Å². The second kappa shape index (κ2) is 21.1. The smallest absolute Gasteiger partial charge is 0.362 e. The molecule has 0 aromatic carbocycles. The lowest BCUT2D eigenvalue weighted by Crippen LogP contribution is -2.72. The van der Waals surface area contributed by atoms with Crippen molar-refractivity contribution in [2.24, 2.45) is 0 Å². The fourth-order valence-corrected chi connectivity index (χ4v) is 6.08. The van der Waals surface area contributed by atoms with Crippen LogP contribution in [-0.2, 0) is 14.4 Å². The average molecular weight is 527 g/mol. The van der Waals surface area contributed by atoms with E-state index in [0.29, 0.717) is 6.42 Å². The first kappa shape index (κ1) is 35.1. The summed E-state index contributed by atoms with van der Waals surface area (Å²) in [5, 5.41) is 30.0. The van der Waals surface area contributed by atoms with Gasteiger partial charge in [0, 0.05) is 19.3 Å². The van der Waals surface area contributed by atoms with Gasteiger partial charge in [-0.25, -0.2) is 14.4 Å². The second-order valence-corrected chi connectivity index (χ2v) is 10.5. The summed E-state index contributed by atoms with van der Waals surface area (Å²) >= 11 is 0. The van der Waals surface area contributed by atoms with E-state index in [4.69, 9.17) is 0 Å². The van der Waals surface area contributed by atoms with Crippen LogP contribution in [0.25, 0.3) is 0 Å². The van der Waals surface area contributed by atoms with Crippen LogP contribution in [0.2, 0.25) is 0 Å². The lowest BCUT2D eigenvalue weighted by atomic mass is 9.93. The highest BCUT2D eigenvalue weighted by atomic mass is 16.4. The van der Waals surface area contributed by atoms with Gasteiger partial charge in [0.1, 0.15) is 0 Å². The first-order valence-electron chi connectivity index (χ1n) is 14.9. The normalized spacial score (nSPS) is 15.4. The molecule has 0 saturated carbocycles. The van der Waals surface area contributed by atoms with Crippen LogP contribution in [-0.4, -0.2) is 62.4 Å². The molecular weight excluding hydrogens is 470 g/mol. The molecule has 0 aromatic rings. The summed E-state index contributed by atoms with van der Waals surface area (Å²) in [5.74, 6) is -3.35. The van der Waals surface area contributed by atoms with E-state index in [-0.39, 0.29) is 25.8 Å². The van der Waals surface area contributed by atoms with E-state index in [1.54, 1.807) is 20.8 Å². The van der Waals surface area contributed by atoms with E-state index in [1.807, 2.05) is 6.08 Å². The zero-order valence-electron chi connectivity index (χ0n) is 24.0. The third kappa shape index (κ3) is 12.5. The van der Waals surface area contributed by atoms with Crippen molar-refractivity contribution in [2.45, 2.75) is 154 Å². The minimum Gasteiger partial charge on any atom is -0.477 e. The van der Waals surface area contributed by atoms with Crippen LogP contribution in [0.4, 0.5) is 0 Å². The van der Waals surface area contributed by atoms with Gasteiger partial charge in [0.15, 0.2) is 18.1 Å². The highest BCUT2D eigenvalue weighted by Gasteiger charge is 2.55. The molecule has 216 valence electrons. The Morgan fingerprint density at radius 1 is 0.568 bits per heavy atom. The zero-order valence-corrected chi connectivity index (χ0v) is 24.0. The lowest BCUT2D eigenvalue weighted by Gasteiger charge is -2.49. The zero-order chi connectivity index (χ0) is 28.1. The third-order valence-corrected chi connectivity index (χ3v) is 7.96. The Bertz CT molecular complexity index is 595. The predicted octanol–water partition coefficient (Wildman–Crippen LogP) is 7.43. The van der Waals surface area contributed by atoms with Gasteiger partial charge in [-0.1, -0.05) is 97.5 Å². The van der Waals surface area contributed by atoms with Crippen molar-refractivity contribution in [2.75, 3.05) is 6.54 Å². The molecule has 0 aliphatic rings. The summed E-state index contributed by atoms with van der Waals surface area (Å²) in [6.07, 6.45) is 20.1. The molecule has 7 nitrogen and oxygen atoms in total. The molecule has 0 aliphatic heterocycles. The molecule has 0 aromatic heterocycles. The van der Waals surface area contributed by atoms with Gasteiger partial charge in [-0.2, -0.15) is 0 Å². The molecule has 0 rings (SSSR count). The van der Waals surface area contributed by atoms with Gasteiger partial charge in [-0.15, -0.1) is 6.58 Å². The maximum atomic E-state index is 12.2. The molecule has 0 fully saturated rings. The molecule has 3 unspecified atom stereocenters. The highest BCUT2D eigenvalue weighted by Crippen LogP contribution is 2.32. The molecule has 37 heavy (non-hydrogen) atoms. The Kier molecular flexibility index (Phi) is 20.0. The largest absolute Gasteiger partial charge is 0.477 e. The molecule has 0 amide bonds. The fraction of sp³-hybridized carbons (Fsp3) is 0.833. The number of carboxylic acid groups (broad SMARTS) is 3. The van der Waals surface area contributed by atoms with Crippen molar-refractivity contribution in [1.29, 1.82) is 0 Å². The van der Waals surface area contributed by atoms with Gasteiger partial charge >= 0.3 is 17.9 Å². The van der Waals surface area contributed by atoms with Crippen LogP contribution in [0, 0.1) is 0 Å². The summed E-state index contributed by atoms with van der Waals surface area (Å²) in [5.41, 5.74) is 0. The van der Waals surface area contributed by atoms with Crippen LogP contribution >= 0.6 is 0 Å². The number of nitrogens with zero attached hydrogens (tertiary/aromatic N) is 1. The summed E-state index contributed by atoms with van der Waals surface area (Å²) in [7, 11) is 0. The van der Waals surface area contributed by atoms with Crippen molar-refractivity contribution in [1.82, 2.24) is 0 Å². The van der Waals surface area contributed by atoms with Crippen LogP contribution in [0.1, 0.15) is 136 Å². The summed E-state index contributed by atoms with van der Waals surface area (Å²) < 4.78 is -0.405. The Morgan fingerprint density at radius 3 is 1.08 bits per heavy atom. The molecule has 0 aliphatic carbocycles. The molecule has 0 radical (unpaired) electrons. The van der Waals surface area contributed by atoms with E-state index in [1.165, 1.54) is 64.2 Å². The molecule has 0 bridgehead atoms. The number of rotatable bonds is 26. The Balaban J connectivity index is 4.70. The maximum absolute atomic E-state index is 12.2. The number of hydrogen-bond donors (Lipinski definition) is 3. The summed E-state index contributed by atoms with van der Waals surface area (Å²) in [4.78, 5) is 36.7. The van der Waals surface area contributed by atoms with Gasteiger partial charge < -0.3 is 15.3 Å². The van der Waals surface area contributed by atoms with E-state index < -0.39 is 40.5 Å². The molecule has 7 heteroatoms. The minimum atomic E-state index is -1.12. The topological polar surface area (TPSA) is 112 Å².